The highest BCUT2D eigenvalue weighted by atomic mass is 16.2. The first-order valence-electron chi connectivity index (χ1n) is 9.12. The molecular weight excluding hydrogens is 368 g/mol. The summed E-state index contributed by atoms with van der Waals surface area (Å²) in [5.74, 6) is 2.04. The maximum Gasteiger partial charge on any atom is 0.318 e. The second-order valence-electron chi connectivity index (χ2n) is 6.68. The van der Waals surface area contributed by atoms with Crippen molar-refractivity contribution in [2.45, 2.75) is 6.54 Å². The highest BCUT2D eigenvalue weighted by Crippen LogP contribution is 2.17. The quantitative estimate of drug-likeness (QED) is 0.466. The van der Waals surface area contributed by atoms with Crippen molar-refractivity contribution in [1.82, 2.24) is 20.1 Å². The van der Waals surface area contributed by atoms with E-state index in [1.807, 2.05) is 19.0 Å². The number of hydrogen-bond donors (Lipinski definition) is 3. The topological polar surface area (TPSA) is 104 Å². The number of aromatic nitrogens is 1. The highest BCUT2D eigenvalue weighted by Gasteiger charge is 2.15. The predicted octanol–water partition coefficient (Wildman–Crippen LogP) is 1.62. The number of pyridine rings is 1. The molecule has 0 aliphatic carbocycles. The van der Waals surface area contributed by atoms with E-state index in [1.54, 1.807) is 47.5 Å². The molecule has 0 fully saturated rings. The average Bonchev–Trinajstić information content (AvgIpc) is 2.71. The monoisotopic (exact) mass is 394 g/mol. The van der Waals surface area contributed by atoms with Crippen LogP contribution in [0, 0.1) is 12.3 Å². The van der Waals surface area contributed by atoms with Gasteiger partial charge in [0.05, 0.1) is 17.9 Å². The Morgan fingerprint density at radius 3 is 2.55 bits per heavy atom. The van der Waals surface area contributed by atoms with Gasteiger partial charge in [-0.3, -0.25) is 9.78 Å². The smallest absolute Gasteiger partial charge is 0.318 e. The number of hydrogen-bond acceptors (Lipinski definition) is 5. The molecule has 29 heavy (non-hydrogen) atoms. The van der Waals surface area contributed by atoms with E-state index in [1.165, 1.54) is 0 Å². The van der Waals surface area contributed by atoms with Gasteiger partial charge in [0.25, 0.3) is 5.91 Å². The number of nitrogens with two attached hydrogens (primary N) is 1. The third-order valence-electron chi connectivity index (χ3n) is 4.09. The Labute approximate surface area is 171 Å². The number of nitrogens with zero attached hydrogens (tertiary/aromatic N) is 3. The van der Waals surface area contributed by atoms with E-state index in [2.05, 4.69) is 21.5 Å². The molecule has 0 bridgehead atoms. The molecule has 0 aliphatic rings. The first-order chi connectivity index (χ1) is 13.9. The molecule has 0 saturated carbocycles. The molecule has 1 heterocycles. The number of anilines is 2. The lowest BCUT2D eigenvalue weighted by atomic mass is 10.2. The van der Waals surface area contributed by atoms with Crippen molar-refractivity contribution >= 4 is 23.3 Å². The van der Waals surface area contributed by atoms with Gasteiger partial charge in [0.2, 0.25) is 0 Å². The standard InChI is InChI=1S/C21H26N6O2/c1-4-11-23-21(29)27(13-12-26(2)3)15-16-9-10-19(24-14-16)20(28)25-18-8-6-5-7-17(18)22/h1,5-10,14H,11-13,15,22H2,2-3H3,(H,23,29)(H,25,28). The van der Waals surface area contributed by atoms with Gasteiger partial charge in [-0.1, -0.05) is 24.1 Å². The molecular formula is C21H26N6O2. The van der Waals surface area contributed by atoms with Gasteiger partial charge < -0.3 is 26.2 Å². The zero-order chi connectivity index (χ0) is 21.2. The number of benzene rings is 1. The van der Waals surface area contributed by atoms with Gasteiger partial charge in [-0.25, -0.2) is 4.79 Å². The average molecular weight is 394 g/mol. The van der Waals surface area contributed by atoms with E-state index in [0.29, 0.717) is 31.0 Å². The third-order valence-corrected chi connectivity index (χ3v) is 4.09. The minimum atomic E-state index is -0.356. The van der Waals surface area contributed by atoms with Crippen molar-refractivity contribution in [2.24, 2.45) is 0 Å². The Hall–Kier alpha value is -3.57. The van der Waals surface area contributed by atoms with Crippen LogP contribution in [-0.4, -0.2) is 60.5 Å². The Bertz CT molecular complexity index is 873. The number of nitrogens with one attached hydrogen (secondary N) is 2. The number of nitrogen functional groups attached to an aromatic ring is 1. The van der Waals surface area contributed by atoms with E-state index in [4.69, 9.17) is 12.2 Å². The summed E-state index contributed by atoms with van der Waals surface area (Å²) in [6.07, 6.45) is 6.80. The molecule has 0 atom stereocenters. The number of likely N-dealkylation sites (N-methyl/N-ethyl adjacent to an activating group) is 1. The maximum absolute atomic E-state index is 12.4. The summed E-state index contributed by atoms with van der Waals surface area (Å²) in [7, 11) is 3.87. The van der Waals surface area contributed by atoms with Gasteiger partial charge in [-0.05, 0) is 37.9 Å². The van der Waals surface area contributed by atoms with E-state index in [-0.39, 0.29) is 24.2 Å². The number of para-hydroxylation sites is 2. The Morgan fingerprint density at radius 2 is 1.93 bits per heavy atom. The van der Waals surface area contributed by atoms with Crippen LogP contribution in [0.2, 0.25) is 0 Å². The van der Waals surface area contributed by atoms with Crippen molar-refractivity contribution in [3.8, 4) is 12.3 Å². The molecule has 4 N–H and O–H groups in total. The molecule has 3 amide bonds. The van der Waals surface area contributed by atoms with Crippen LogP contribution in [0.4, 0.5) is 16.2 Å². The molecule has 2 aromatic rings. The number of rotatable bonds is 8. The minimum absolute atomic E-state index is 0.164. The molecule has 0 saturated heterocycles. The summed E-state index contributed by atoms with van der Waals surface area (Å²) in [6.45, 7) is 1.75. The normalized spacial score (nSPS) is 10.3. The van der Waals surface area contributed by atoms with Crippen LogP contribution >= 0.6 is 0 Å². The van der Waals surface area contributed by atoms with Gasteiger partial charge in [0, 0.05) is 25.8 Å². The molecule has 0 aliphatic heterocycles. The maximum atomic E-state index is 12.4. The lowest BCUT2D eigenvalue weighted by Gasteiger charge is -2.24. The van der Waals surface area contributed by atoms with Gasteiger partial charge in [0.15, 0.2) is 0 Å². The zero-order valence-electron chi connectivity index (χ0n) is 16.7. The summed E-state index contributed by atoms with van der Waals surface area (Å²) in [5.41, 5.74) is 7.91. The van der Waals surface area contributed by atoms with Crippen LogP contribution in [0.3, 0.4) is 0 Å². The highest BCUT2D eigenvalue weighted by molar-refractivity contribution is 6.04. The van der Waals surface area contributed by atoms with E-state index >= 15 is 0 Å². The first kappa shape index (κ1) is 21.7. The number of urea groups is 1. The summed E-state index contributed by atoms with van der Waals surface area (Å²) < 4.78 is 0. The Balaban J connectivity index is 2.04. The van der Waals surface area contributed by atoms with Crippen molar-refractivity contribution < 1.29 is 9.59 Å². The Morgan fingerprint density at radius 1 is 1.17 bits per heavy atom. The fraction of sp³-hybridized carbons (Fsp3) is 0.286. The molecule has 8 heteroatoms. The first-order valence-corrected chi connectivity index (χ1v) is 9.12. The lowest BCUT2D eigenvalue weighted by molar-refractivity contribution is 0.102. The van der Waals surface area contributed by atoms with Gasteiger partial charge in [0.1, 0.15) is 5.69 Å². The fourth-order valence-corrected chi connectivity index (χ4v) is 2.48. The Kier molecular flexibility index (Phi) is 8.00. The third kappa shape index (κ3) is 6.83. The largest absolute Gasteiger partial charge is 0.397 e. The van der Waals surface area contributed by atoms with E-state index < -0.39 is 0 Å². The summed E-state index contributed by atoms with van der Waals surface area (Å²) >= 11 is 0. The predicted molar refractivity (Wildman–Crippen MR) is 114 cm³/mol. The molecule has 1 aromatic heterocycles. The van der Waals surface area contributed by atoms with Gasteiger partial charge >= 0.3 is 6.03 Å². The van der Waals surface area contributed by atoms with Crippen LogP contribution in [0.1, 0.15) is 16.1 Å². The fourth-order valence-electron chi connectivity index (χ4n) is 2.48. The summed E-state index contributed by atoms with van der Waals surface area (Å²) in [5, 5.41) is 5.41. The minimum Gasteiger partial charge on any atom is -0.397 e. The second kappa shape index (κ2) is 10.7. The molecule has 1 aromatic carbocycles. The van der Waals surface area contributed by atoms with Crippen LogP contribution in [-0.2, 0) is 6.54 Å². The summed E-state index contributed by atoms with van der Waals surface area (Å²) in [6, 6.07) is 10.2. The van der Waals surface area contributed by atoms with Gasteiger partial charge in [-0.15, -0.1) is 6.42 Å². The molecule has 0 unspecified atom stereocenters. The molecule has 152 valence electrons. The van der Waals surface area contributed by atoms with Crippen molar-refractivity contribution in [2.75, 3.05) is 44.8 Å². The van der Waals surface area contributed by atoms with Crippen LogP contribution in [0.5, 0.6) is 0 Å². The van der Waals surface area contributed by atoms with Crippen LogP contribution in [0.25, 0.3) is 0 Å². The van der Waals surface area contributed by atoms with Crippen molar-refractivity contribution in [1.29, 1.82) is 0 Å². The molecule has 0 spiro atoms. The lowest BCUT2D eigenvalue weighted by Crippen LogP contribution is -2.42. The zero-order valence-corrected chi connectivity index (χ0v) is 16.7. The number of terminal acetylenes is 1. The molecule has 0 radical (unpaired) electrons. The number of amides is 3. The SMILES string of the molecule is C#CCNC(=O)N(CCN(C)C)Cc1ccc(C(=O)Nc2ccccc2N)nc1. The molecule has 8 nitrogen and oxygen atoms in total. The summed E-state index contributed by atoms with van der Waals surface area (Å²) in [4.78, 5) is 32.6. The number of carbonyl (C=O) groups excluding carboxylic acids is 2. The van der Waals surface area contributed by atoms with E-state index in [9.17, 15) is 9.59 Å². The van der Waals surface area contributed by atoms with Crippen LogP contribution in [0.15, 0.2) is 42.6 Å². The van der Waals surface area contributed by atoms with Crippen molar-refractivity contribution in [3.63, 3.8) is 0 Å². The second-order valence-corrected chi connectivity index (χ2v) is 6.68. The van der Waals surface area contributed by atoms with Crippen molar-refractivity contribution in [3.05, 3.63) is 53.9 Å². The van der Waals surface area contributed by atoms with E-state index in [0.717, 1.165) is 5.56 Å². The number of carbonyl (C=O) groups is 2. The van der Waals surface area contributed by atoms with Gasteiger partial charge in [-0.2, -0.15) is 0 Å². The van der Waals surface area contributed by atoms with Crippen LogP contribution < -0.4 is 16.4 Å². The molecule has 2 rings (SSSR count).